The van der Waals surface area contributed by atoms with Crippen molar-refractivity contribution < 1.29 is 0 Å². The third kappa shape index (κ3) is 2.40. The second-order valence-electron chi connectivity index (χ2n) is 5.18. The van der Waals surface area contributed by atoms with Gasteiger partial charge in [0.2, 0.25) is 0 Å². The number of guanidine groups is 1. The highest BCUT2D eigenvalue weighted by molar-refractivity contribution is 5.91. The summed E-state index contributed by atoms with van der Waals surface area (Å²) in [6.07, 6.45) is 7.18. The zero-order valence-corrected chi connectivity index (χ0v) is 9.89. The molecule has 2 saturated carbocycles. The summed E-state index contributed by atoms with van der Waals surface area (Å²) in [5.41, 5.74) is 6.37. The fourth-order valence-electron chi connectivity index (χ4n) is 2.40. The van der Waals surface area contributed by atoms with Crippen LogP contribution in [0.25, 0.3) is 0 Å². The molecular formula is C13H18N4. The van der Waals surface area contributed by atoms with Gasteiger partial charge in [-0.05, 0) is 49.1 Å². The van der Waals surface area contributed by atoms with Gasteiger partial charge in [0, 0.05) is 12.7 Å². The normalized spacial score (nSPS) is 22.2. The van der Waals surface area contributed by atoms with Gasteiger partial charge < -0.3 is 11.1 Å². The van der Waals surface area contributed by atoms with Crippen LogP contribution in [0.15, 0.2) is 29.4 Å². The largest absolute Gasteiger partial charge is 0.370 e. The Labute approximate surface area is 101 Å². The van der Waals surface area contributed by atoms with Gasteiger partial charge in [0.15, 0.2) is 5.96 Å². The first-order valence-electron chi connectivity index (χ1n) is 6.26. The molecule has 4 heteroatoms. The summed E-state index contributed by atoms with van der Waals surface area (Å²) in [7, 11) is 0. The molecule has 0 spiro atoms. The molecule has 90 valence electrons. The van der Waals surface area contributed by atoms with Crippen LogP contribution >= 0.6 is 0 Å². The maximum Gasteiger partial charge on any atom is 0.194 e. The van der Waals surface area contributed by atoms with Crippen LogP contribution in [0.4, 0.5) is 5.82 Å². The van der Waals surface area contributed by atoms with Crippen molar-refractivity contribution in [1.29, 1.82) is 0 Å². The van der Waals surface area contributed by atoms with E-state index in [0.29, 0.717) is 11.4 Å². The fraction of sp³-hybridized carbons (Fsp3) is 0.538. The predicted molar refractivity (Wildman–Crippen MR) is 68.7 cm³/mol. The van der Waals surface area contributed by atoms with Crippen LogP contribution in [-0.2, 0) is 0 Å². The standard InChI is InChI=1S/C13H18N4/c14-12(17-11-3-1-2-8-15-11)16-9-13(6-7-13)10-4-5-10/h1-3,8,10H,4-7,9H2,(H3,14,15,16,17). The van der Waals surface area contributed by atoms with E-state index in [1.54, 1.807) is 6.20 Å². The van der Waals surface area contributed by atoms with Crippen molar-refractivity contribution in [3.05, 3.63) is 24.4 Å². The van der Waals surface area contributed by atoms with E-state index in [0.717, 1.165) is 18.3 Å². The first kappa shape index (κ1) is 10.6. The lowest BCUT2D eigenvalue weighted by atomic mass is 10.0. The Morgan fingerprint density at radius 2 is 2.29 bits per heavy atom. The van der Waals surface area contributed by atoms with Crippen molar-refractivity contribution in [2.45, 2.75) is 25.7 Å². The van der Waals surface area contributed by atoms with Gasteiger partial charge in [-0.3, -0.25) is 4.99 Å². The van der Waals surface area contributed by atoms with E-state index in [2.05, 4.69) is 15.3 Å². The molecule has 1 aromatic heterocycles. The minimum absolute atomic E-state index is 0.482. The molecule has 0 amide bonds. The summed E-state index contributed by atoms with van der Waals surface area (Å²) in [5, 5.41) is 3.02. The van der Waals surface area contributed by atoms with Gasteiger partial charge in [0.25, 0.3) is 0 Å². The van der Waals surface area contributed by atoms with E-state index in [9.17, 15) is 0 Å². The number of pyridine rings is 1. The first-order valence-corrected chi connectivity index (χ1v) is 6.26. The highest BCUT2D eigenvalue weighted by Crippen LogP contribution is 2.61. The van der Waals surface area contributed by atoms with Gasteiger partial charge in [-0.15, -0.1) is 0 Å². The maximum absolute atomic E-state index is 5.86. The maximum atomic E-state index is 5.86. The molecule has 0 unspecified atom stereocenters. The SMILES string of the molecule is NC(=NCC1(C2CC2)CC1)Nc1ccccn1. The van der Waals surface area contributed by atoms with Crippen LogP contribution in [0.2, 0.25) is 0 Å². The Morgan fingerprint density at radius 3 is 2.88 bits per heavy atom. The highest BCUT2D eigenvalue weighted by atomic mass is 15.1. The zero-order valence-electron chi connectivity index (χ0n) is 9.89. The van der Waals surface area contributed by atoms with Crippen LogP contribution in [-0.4, -0.2) is 17.5 Å². The topological polar surface area (TPSA) is 63.3 Å². The van der Waals surface area contributed by atoms with Gasteiger partial charge in [-0.25, -0.2) is 4.98 Å². The molecule has 0 bridgehead atoms. The fourth-order valence-corrected chi connectivity index (χ4v) is 2.40. The number of nitrogens with zero attached hydrogens (tertiary/aromatic N) is 2. The smallest absolute Gasteiger partial charge is 0.194 e. The monoisotopic (exact) mass is 230 g/mol. The van der Waals surface area contributed by atoms with Crippen LogP contribution in [0, 0.1) is 11.3 Å². The number of anilines is 1. The van der Waals surface area contributed by atoms with Crippen LogP contribution in [0.3, 0.4) is 0 Å². The number of nitrogens with two attached hydrogens (primary N) is 1. The van der Waals surface area contributed by atoms with Crippen molar-refractivity contribution in [2.75, 3.05) is 11.9 Å². The van der Waals surface area contributed by atoms with Crippen molar-refractivity contribution in [3.63, 3.8) is 0 Å². The number of hydrogen-bond acceptors (Lipinski definition) is 2. The summed E-state index contributed by atoms with van der Waals surface area (Å²) < 4.78 is 0. The number of aromatic nitrogens is 1. The van der Waals surface area contributed by atoms with E-state index < -0.39 is 0 Å². The summed E-state index contributed by atoms with van der Waals surface area (Å²) in [6.45, 7) is 0.878. The number of aliphatic imine (C=N–C) groups is 1. The molecule has 0 radical (unpaired) electrons. The molecule has 0 atom stereocenters. The van der Waals surface area contributed by atoms with Crippen molar-refractivity contribution >= 4 is 11.8 Å². The van der Waals surface area contributed by atoms with E-state index in [4.69, 9.17) is 5.73 Å². The Hall–Kier alpha value is -1.58. The van der Waals surface area contributed by atoms with E-state index >= 15 is 0 Å². The quantitative estimate of drug-likeness (QED) is 0.614. The number of nitrogens with one attached hydrogen (secondary N) is 1. The summed E-state index contributed by atoms with van der Waals surface area (Å²) in [5.74, 6) is 2.16. The summed E-state index contributed by atoms with van der Waals surface area (Å²) in [6, 6.07) is 5.69. The van der Waals surface area contributed by atoms with E-state index in [1.807, 2.05) is 18.2 Å². The third-order valence-electron chi connectivity index (χ3n) is 3.82. The minimum atomic E-state index is 0.482. The first-order chi connectivity index (χ1) is 8.28. The Bertz CT molecular complexity index is 418. The highest BCUT2D eigenvalue weighted by Gasteiger charge is 2.53. The van der Waals surface area contributed by atoms with E-state index in [1.165, 1.54) is 25.7 Å². The molecule has 3 rings (SSSR count). The molecule has 2 aliphatic rings. The lowest BCUT2D eigenvalue weighted by Gasteiger charge is -2.11. The van der Waals surface area contributed by atoms with E-state index in [-0.39, 0.29) is 0 Å². The second-order valence-corrected chi connectivity index (χ2v) is 5.18. The zero-order chi connectivity index (χ0) is 11.7. The van der Waals surface area contributed by atoms with Crippen molar-refractivity contribution in [2.24, 2.45) is 22.1 Å². The molecule has 4 nitrogen and oxygen atoms in total. The molecule has 17 heavy (non-hydrogen) atoms. The molecule has 3 N–H and O–H groups in total. The van der Waals surface area contributed by atoms with Crippen LogP contribution < -0.4 is 11.1 Å². The predicted octanol–water partition coefficient (Wildman–Crippen LogP) is 2.00. The molecule has 2 fully saturated rings. The molecule has 2 aliphatic carbocycles. The van der Waals surface area contributed by atoms with Gasteiger partial charge >= 0.3 is 0 Å². The minimum Gasteiger partial charge on any atom is -0.370 e. The van der Waals surface area contributed by atoms with Gasteiger partial charge in [-0.2, -0.15) is 0 Å². The van der Waals surface area contributed by atoms with Gasteiger partial charge in [0.1, 0.15) is 5.82 Å². The third-order valence-corrected chi connectivity index (χ3v) is 3.82. The number of hydrogen-bond donors (Lipinski definition) is 2. The van der Waals surface area contributed by atoms with Crippen LogP contribution in [0.1, 0.15) is 25.7 Å². The summed E-state index contributed by atoms with van der Waals surface area (Å²) in [4.78, 5) is 8.61. The lowest BCUT2D eigenvalue weighted by Crippen LogP contribution is -2.24. The van der Waals surface area contributed by atoms with Crippen LogP contribution in [0.5, 0.6) is 0 Å². The molecule has 1 aromatic rings. The average Bonchev–Trinajstić information content (AvgIpc) is 3.20. The van der Waals surface area contributed by atoms with Gasteiger partial charge in [-0.1, -0.05) is 6.07 Å². The van der Waals surface area contributed by atoms with Gasteiger partial charge in [0.05, 0.1) is 0 Å². The average molecular weight is 230 g/mol. The van der Waals surface area contributed by atoms with Crippen molar-refractivity contribution in [1.82, 2.24) is 4.98 Å². The summed E-state index contributed by atoms with van der Waals surface area (Å²) >= 11 is 0. The molecule has 0 saturated heterocycles. The molecular weight excluding hydrogens is 212 g/mol. The molecule has 0 aromatic carbocycles. The molecule has 0 aliphatic heterocycles. The Morgan fingerprint density at radius 1 is 1.47 bits per heavy atom. The second kappa shape index (κ2) is 4.02. The lowest BCUT2D eigenvalue weighted by molar-refractivity contribution is 0.454. The Balaban J connectivity index is 1.57. The van der Waals surface area contributed by atoms with Crippen molar-refractivity contribution in [3.8, 4) is 0 Å². The Kier molecular flexibility index (Phi) is 2.50. The molecule has 1 heterocycles. The number of rotatable bonds is 4.